The predicted molar refractivity (Wildman–Crippen MR) is 63.4 cm³/mol. The zero-order valence-corrected chi connectivity index (χ0v) is 9.59. The zero-order valence-electron chi connectivity index (χ0n) is 9.59. The maximum absolute atomic E-state index is 11.8. The number of hydrogen-bond acceptors (Lipinski definition) is 1. The summed E-state index contributed by atoms with van der Waals surface area (Å²) in [6.45, 7) is 6.03. The van der Waals surface area contributed by atoms with E-state index >= 15 is 0 Å². The van der Waals surface area contributed by atoms with Crippen molar-refractivity contribution in [2.75, 3.05) is 0 Å². The van der Waals surface area contributed by atoms with Crippen LogP contribution >= 0.6 is 0 Å². The minimum atomic E-state index is 0.118. The van der Waals surface area contributed by atoms with Crippen LogP contribution in [0.2, 0.25) is 0 Å². The SMILES string of the molecule is Cc1cc(C)c2c(c1)c(=O)cc(C)n2C. The molecule has 2 aromatic rings. The van der Waals surface area contributed by atoms with Crippen molar-refractivity contribution in [1.82, 2.24) is 4.57 Å². The van der Waals surface area contributed by atoms with Crippen molar-refractivity contribution in [3.05, 3.63) is 45.2 Å². The van der Waals surface area contributed by atoms with Gasteiger partial charge in [-0.25, -0.2) is 0 Å². The number of fused-ring (bicyclic) bond motifs is 1. The normalized spacial score (nSPS) is 10.9. The van der Waals surface area contributed by atoms with Crippen LogP contribution < -0.4 is 5.43 Å². The van der Waals surface area contributed by atoms with Crippen LogP contribution in [0.5, 0.6) is 0 Å². The Balaban J connectivity index is 3.10. The van der Waals surface area contributed by atoms with E-state index in [1.165, 1.54) is 0 Å². The Morgan fingerprint density at radius 2 is 1.73 bits per heavy atom. The van der Waals surface area contributed by atoms with Crippen molar-refractivity contribution in [1.29, 1.82) is 0 Å². The molecule has 0 aliphatic carbocycles. The van der Waals surface area contributed by atoms with Gasteiger partial charge in [0.2, 0.25) is 0 Å². The van der Waals surface area contributed by atoms with E-state index in [9.17, 15) is 4.79 Å². The van der Waals surface area contributed by atoms with Gasteiger partial charge < -0.3 is 4.57 Å². The van der Waals surface area contributed by atoms with Crippen LogP contribution in [-0.2, 0) is 7.05 Å². The standard InChI is InChI=1S/C13H15NO/c1-8-5-9(2)13-11(6-8)12(15)7-10(3)14(13)4/h5-7H,1-4H3. The summed E-state index contributed by atoms with van der Waals surface area (Å²) in [7, 11) is 2.00. The zero-order chi connectivity index (χ0) is 11.2. The van der Waals surface area contributed by atoms with Gasteiger partial charge >= 0.3 is 0 Å². The molecule has 1 aromatic heterocycles. The van der Waals surface area contributed by atoms with Crippen LogP contribution in [0.25, 0.3) is 10.9 Å². The van der Waals surface area contributed by atoms with E-state index < -0.39 is 0 Å². The first kappa shape index (κ1) is 9.97. The van der Waals surface area contributed by atoms with E-state index in [0.717, 1.165) is 27.7 Å². The van der Waals surface area contributed by atoms with Gasteiger partial charge in [0.1, 0.15) is 0 Å². The first-order chi connectivity index (χ1) is 7.00. The fourth-order valence-corrected chi connectivity index (χ4v) is 2.13. The fraction of sp³-hybridized carbons (Fsp3) is 0.308. The van der Waals surface area contributed by atoms with Gasteiger partial charge in [-0.05, 0) is 38.0 Å². The molecule has 0 unspecified atom stereocenters. The molecular formula is C13H15NO. The molecule has 0 atom stereocenters. The Morgan fingerprint density at radius 3 is 2.40 bits per heavy atom. The Kier molecular flexibility index (Phi) is 2.14. The second kappa shape index (κ2) is 3.23. The summed E-state index contributed by atoms with van der Waals surface area (Å²) in [5, 5.41) is 0.820. The van der Waals surface area contributed by atoms with Crippen LogP contribution in [0, 0.1) is 20.8 Å². The molecule has 0 aliphatic rings. The summed E-state index contributed by atoms with van der Waals surface area (Å²) in [5.74, 6) is 0. The van der Waals surface area contributed by atoms with E-state index in [0.29, 0.717) is 0 Å². The highest BCUT2D eigenvalue weighted by Gasteiger charge is 2.06. The van der Waals surface area contributed by atoms with E-state index in [4.69, 9.17) is 0 Å². The Labute approximate surface area is 89.2 Å². The molecule has 1 aromatic carbocycles. The van der Waals surface area contributed by atoms with Crippen molar-refractivity contribution in [3.63, 3.8) is 0 Å². The fourth-order valence-electron chi connectivity index (χ4n) is 2.13. The summed E-state index contributed by atoms with van der Waals surface area (Å²) < 4.78 is 2.07. The average molecular weight is 201 g/mol. The molecule has 78 valence electrons. The maximum Gasteiger partial charge on any atom is 0.189 e. The largest absolute Gasteiger partial charge is 0.348 e. The molecule has 0 amide bonds. The molecule has 0 spiro atoms. The molecule has 0 saturated carbocycles. The average Bonchev–Trinajstić information content (AvgIpc) is 2.13. The molecule has 1 heterocycles. The molecular weight excluding hydrogens is 186 g/mol. The summed E-state index contributed by atoms with van der Waals surface area (Å²) >= 11 is 0. The van der Waals surface area contributed by atoms with Crippen LogP contribution in [0.15, 0.2) is 23.0 Å². The molecule has 0 fully saturated rings. The second-order valence-electron chi connectivity index (χ2n) is 4.19. The quantitative estimate of drug-likeness (QED) is 0.641. The highest BCUT2D eigenvalue weighted by atomic mass is 16.1. The minimum Gasteiger partial charge on any atom is -0.348 e. The first-order valence-electron chi connectivity index (χ1n) is 5.08. The molecule has 2 rings (SSSR count). The number of benzene rings is 1. The minimum absolute atomic E-state index is 0.118. The Bertz CT molecular complexity index is 593. The lowest BCUT2D eigenvalue weighted by Crippen LogP contribution is -2.10. The van der Waals surface area contributed by atoms with Crippen molar-refractivity contribution >= 4 is 10.9 Å². The number of hydrogen-bond donors (Lipinski definition) is 0. The number of pyridine rings is 1. The van der Waals surface area contributed by atoms with Crippen molar-refractivity contribution < 1.29 is 0 Å². The predicted octanol–water partition coefficient (Wildman–Crippen LogP) is 2.46. The van der Waals surface area contributed by atoms with Crippen LogP contribution in [-0.4, -0.2) is 4.57 Å². The van der Waals surface area contributed by atoms with Crippen LogP contribution in [0.1, 0.15) is 16.8 Å². The van der Waals surface area contributed by atoms with Crippen LogP contribution in [0.3, 0.4) is 0 Å². The Morgan fingerprint density at radius 1 is 1.07 bits per heavy atom. The third-order valence-electron chi connectivity index (χ3n) is 2.91. The smallest absolute Gasteiger partial charge is 0.189 e. The summed E-state index contributed by atoms with van der Waals surface area (Å²) in [4.78, 5) is 11.8. The van der Waals surface area contributed by atoms with E-state index in [2.05, 4.69) is 10.6 Å². The number of nitrogens with zero attached hydrogens (tertiary/aromatic N) is 1. The van der Waals surface area contributed by atoms with Gasteiger partial charge in [0.15, 0.2) is 5.43 Å². The van der Waals surface area contributed by atoms with Gasteiger partial charge in [-0.2, -0.15) is 0 Å². The Hall–Kier alpha value is -1.57. The van der Waals surface area contributed by atoms with Gasteiger partial charge in [-0.1, -0.05) is 6.07 Å². The van der Waals surface area contributed by atoms with Crippen molar-refractivity contribution in [2.24, 2.45) is 7.05 Å². The van der Waals surface area contributed by atoms with Gasteiger partial charge in [-0.3, -0.25) is 4.79 Å². The molecule has 0 bridgehead atoms. The highest BCUT2D eigenvalue weighted by molar-refractivity contribution is 5.83. The van der Waals surface area contributed by atoms with E-state index in [-0.39, 0.29) is 5.43 Å². The molecule has 0 aliphatic heterocycles. The second-order valence-corrected chi connectivity index (χ2v) is 4.19. The van der Waals surface area contributed by atoms with Gasteiger partial charge in [-0.15, -0.1) is 0 Å². The molecule has 2 heteroatoms. The van der Waals surface area contributed by atoms with Crippen molar-refractivity contribution in [3.8, 4) is 0 Å². The maximum atomic E-state index is 11.8. The van der Waals surface area contributed by atoms with Gasteiger partial charge in [0.25, 0.3) is 0 Å². The van der Waals surface area contributed by atoms with E-state index in [1.807, 2.05) is 33.9 Å². The lowest BCUT2D eigenvalue weighted by atomic mass is 10.1. The molecule has 0 N–H and O–H groups in total. The third-order valence-corrected chi connectivity index (χ3v) is 2.91. The van der Waals surface area contributed by atoms with Gasteiger partial charge in [0, 0.05) is 24.2 Å². The molecule has 15 heavy (non-hydrogen) atoms. The lowest BCUT2D eigenvalue weighted by molar-refractivity contribution is 0.893. The highest BCUT2D eigenvalue weighted by Crippen LogP contribution is 2.18. The topological polar surface area (TPSA) is 22.0 Å². The molecule has 0 radical (unpaired) electrons. The summed E-state index contributed by atoms with van der Waals surface area (Å²) in [5.41, 5.74) is 4.46. The van der Waals surface area contributed by atoms with E-state index in [1.54, 1.807) is 6.07 Å². The van der Waals surface area contributed by atoms with Crippen molar-refractivity contribution in [2.45, 2.75) is 20.8 Å². The summed E-state index contributed by atoms with van der Waals surface area (Å²) in [6, 6.07) is 5.77. The van der Waals surface area contributed by atoms with Gasteiger partial charge in [0.05, 0.1) is 5.52 Å². The molecule has 2 nitrogen and oxygen atoms in total. The number of rotatable bonds is 0. The number of aryl methyl sites for hydroxylation is 4. The number of aromatic nitrogens is 1. The molecule has 0 saturated heterocycles. The third kappa shape index (κ3) is 1.46. The van der Waals surface area contributed by atoms with Crippen LogP contribution in [0.4, 0.5) is 0 Å². The first-order valence-corrected chi connectivity index (χ1v) is 5.08. The monoisotopic (exact) mass is 201 g/mol. The lowest BCUT2D eigenvalue weighted by Gasteiger charge is -2.12. The summed E-state index contributed by atoms with van der Waals surface area (Å²) in [6.07, 6.45) is 0.